The zero-order valence-corrected chi connectivity index (χ0v) is 14.2. The number of hydrogen-bond donors (Lipinski definition) is 2. The third-order valence-electron chi connectivity index (χ3n) is 2.82. The Morgan fingerprint density at radius 3 is 2.64 bits per heavy atom. The maximum Gasteiger partial charge on any atom is 0.319 e. The van der Waals surface area contributed by atoms with Crippen LogP contribution in [0.1, 0.15) is 6.42 Å². The largest absolute Gasteiger partial charge is 0.492 e. The number of ether oxygens (including phenoxy) is 1. The van der Waals surface area contributed by atoms with E-state index in [-0.39, 0.29) is 6.03 Å². The number of carbonyl (C=O) groups excluding carboxylic acids is 1. The van der Waals surface area contributed by atoms with Crippen molar-refractivity contribution in [3.8, 4) is 5.75 Å². The van der Waals surface area contributed by atoms with Gasteiger partial charge in [0.15, 0.2) is 0 Å². The van der Waals surface area contributed by atoms with Crippen LogP contribution in [-0.4, -0.2) is 19.2 Å². The van der Waals surface area contributed by atoms with Crippen LogP contribution in [0.5, 0.6) is 5.75 Å². The minimum atomic E-state index is -0.246. The van der Waals surface area contributed by atoms with Crippen molar-refractivity contribution >= 4 is 39.2 Å². The lowest BCUT2D eigenvalue weighted by Crippen LogP contribution is -2.30. The van der Waals surface area contributed by atoms with Crippen LogP contribution in [0.25, 0.3) is 0 Å². The van der Waals surface area contributed by atoms with E-state index in [4.69, 9.17) is 16.3 Å². The lowest BCUT2D eigenvalue weighted by molar-refractivity contribution is 0.250. The quantitative estimate of drug-likeness (QED) is 0.711. The molecule has 0 heterocycles. The van der Waals surface area contributed by atoms with Crippen molar-refractivity contribution in [3.05, 3.63) is 58.0 Å². The summed E-state index contributed by atoms with van der Waals surface area (Å²) in [5, 5.41) is 6.13. The van der Waals surface area contributed by atoms with Gasteiger partial charge in [-0.2, -0.15) is 0 Å². The highest BCUT2D eigenvalue weighted by molar-refractivity contribution is 9.10. The molecule has 0 fully saturated rings. The summed E-state index contributed by atoms with van der Waals surface area (Å²) in [5.74, 6) is 0.654. The molecule has 2 N–H and O–H groups in total. The molecule has 0 aliphatic carbocycles. The van der Waals surface area contributed by atoms with Gasteiger partial charge in [-0.25, -0.2) is 4.79 Å². The summed E-state index contributed by atoms with van der Waals surface area (Å²) >= 11 is 9.36. The summed E-state index contributed by atoms with van der Waals surface area (Å²) in [6.07, 6.45) is 0.689. The fourth-order valence-electron chi connectivity index (χ4n) is 1.75. The van der Waals surface area contributed by atoms with Crippen molar-refractivity contribution < 1.29 is 9.53 Å². The van der Waals surface area contributed by atoms with Crippen LogP contribution < -0.4 is 15.4 Å². The van der Waals surface area contributed by atoms with Crippen LogP contribution in [0.3, 0.4) is 0 Å². The van der Waals surface area contributed by atoms with Crippen LogP contribution in [0.2, 0.25) is 5.02 Å². The van der Waals surface area contributed by atoms with Gasteiger partial charge in [0, 0.05) is 11.0 Å². The number of rotatable bonds is 6. The molecule has 0 spiro atoms. The summed E-state index contributed by atoms with van der Waals surface area (Å²) < 4.78 is 6.38. The van der Waals surface area contributed by atoms with Gasteiger partial charge in [-0.05, 0) is 46.6 Å². The number of urea groups is 1. The fraction of sp³-hybridized carbons (Fsp3) is 0.188. The van der Waals surface area contributed by atoms with Crippen LogP contribution >= 0.6 is 27.5 Å². The topological polar surface area (TPSA) is 50.4 Å². The lowest BCUT2D eigenvalue weighted by atomic mass is 10.3. The Bertz CT molecular complexity index is 637. The van der Waals surface area contributed by atoms with E-state index in [0.29, 0.717) is 30.3 Å². The van der Waals surface area contributed by atoms with Gasteiger partial charge in [0.25, 0.3) is 0 Å². The van der Waals surface area contributed by atoms with E-state index in [1.165, 1.54) is 0 Å². The molecule has 0 radical (unpaired) electrons. The summed E-state index contributed by atoms with van der Waals surface area (Å²) in [6.45, 7) is 1.000. The van der Waals surface area contributed by atoms with Crippen molar-refractivity contribution in [3.63, 3.8) is 0 Å². The summed E-state index contributed by atoms with van der Waals surface area (Å²) in [4.78, 5) is 11.7. The van der Waals surface area contributed by atoms with E-state index in [1.54, 1.807) is 6.07 Å². The number of para-hydroxylation sites is 2. The molecule has 0 unspecified atom stereocenters. The van der Waals surface area contributed by atoms with Gasteiger partial charge in [0.2, 0.25) is 0 Å². The number of nitrogens with one attached hydrogen (secondary N) is 2. The Hall–Kier alpha value is -1.72. The number of benzene rings is 2. The Morgan fingerprint density at radius 2 is 1.86 bits per heavy atom. The average Bonchev–Trinajstić information content (AvgIpc) is 2.51. The predicted molar refractivity (Wildman–Crippen MR) is 92.7 cm³/mol. The number of amides is 2. The number of halogens is 2. The highest BCUT2D eigenvalue weighted by Gasteiger charge is 2.04. The maximum atomic E-state index is 11.7. The van der Waals surface area contributed by atoms with E-state index in [1.807, 2.05) is 42.5 Å². The smallest absolute Gasteiger partial charge is 0.319 e. The average molecular weight is 384 g/mol. The van der Waals surface area contributed by atoms with Crippen molar-refractivity contribution in [1.29, 1.82) is 0 Å². The molecule has 2 rings (SSSR count). The summed E-state index contributed by atoms with van der Waals surface area (Å²) in [5.41, 5.74) is 0.729. The standard InChI is InChI=1S/C16H16BrClN2O2/c17-12-6-1-3-8-14(12)20-16(21)19-10-5-11-22-15-9-4-2-7-13(15)18/h1-4,6-9H,5,10-11H2,(H2,19,20,21). The first-order chi connectivity index (χ1) is 10.7. The Morgan fingerprint density at radius 1 is 1.14 bits per heavy atom. The first-order valence-corrected chi connectivity index (χ1v) is 8.00. The Balaban J connectivity index is 1.65. The van der Waals surface area contributed by atoms with E-state index in [9.17, 15) is 4.79 Å². The SMILES string of the molecule is O=C(NCCCOc1ccccc1Cl)Nc1ccccc1Br. The molecule has 0 aliphatic heterocycles. The molecule has 22 heavy (non-hydrogen) atoms. The zero-order valence-electron chi connectivity index (χ0n) is 11.8. The summed E-state index contributed by atoms with van der Waals surface area (Å²) in [7, 11) is 0. The molecule has 116 valence electrons. The minimum absolute atomic E-state index is 0.246. The van der Waals surface area contributed by atoms with E-state index in [2.05, 4.69) is 26.6 Å². The van der Waals surface area contributed by atoms with Crippen LogP contribution in [0.4, 0.5) is 10.5 Å². The number of hydrogen-bond acceptors (Lipinski definition) is 2. The first kappa shape index (κ1) is 16.6. The van der Waals surface area contributed by atoms with Gasteiger partial charge < -0.3 is 15.4 Å². The second kappa shape index (κ2) is 8.66. The molecule has 0 bridgehead atoms. The molecular formula is C16H16BrClN2O2. The molecular weight excluding hydrogens is 368 g/mol. The van der Waals surface area contributed by atoms with E-state index >= 15 is 0 Å². The van der Waals surface area contributed by atoms with Gasteiger partial charge in [0.1, 0.15) is 5.75 Å². The van der Waals surface area contributed by atoms with Crippen molar-refractivity contribution in [2.45, 2.75) is 6.42 Å². The molecule has 0 aliphatic rings. The molecule has 4 nitrogen and oxygen atoms in total. The molecule has 2 aromatic rings. The predicted octanol–water partition coefficient (Wildman–Crippen LogP) is 4.69. The van der Waals surface area contributed by atoms with Crippen molar-refractivity contribution in [2.75, 3.05) is 18.5 Å². The van der Waals surface area contributed by atoms with Gasteiger partial charge in [0.05, 0.1) is 17.3 Å². The molecule has 0 atom stereocenters. The maximum absolute atomic E-state index is 11.7. The monoisotopic (exact) mass is 382 g/mol. The van der Waals surface area contributed by atoms with Crippen LogP contribution in [0.15, 0.2) is 53.0 Å². The second-order valence-electron chi connectivity index (χ2n) is 4.49. The molecule has 6 heteroatoms. The van der Waals surface area contributed by atoms with Crippen molar-refractivity contribution in [1.82, 2.24) is 5.32 Å². The first-order valence-electron chi connectivity index (χ1n) is 6.83. The zero-order chi connectivity index (χ0) is 15.8. The van der Waals surface area contributed by atoms with Crippen LogP contribution in [0, 0.1) is 0 Å². The highest BCUT2D eigenvalue weighted by atomic mass is 79.9. The minimum Gasteiger partial charge on any atom is -0.492 e. The molecule has 2 amide bonds. The number of anilines is 1. The summed E-state index contributed by atoms with van der Waals surface area (Å²) in [6, 6.07) is 14.5. The second-order valence-corrected chi connectivity index (χ2v) is 5.75. The lowest BCUT2D eigenvalue weighted by Gasteiger charge is -2.10. The van der Waals surface area contributed by atoms with Gasteiger partial charge in [-0.1, -0.05) is 35.9 Å². The molecule has 2 aromatic carbocycles. The third kappa shape index (κ3) is 5.24. The molecule has 0 saturated carbocycles. The Labute approximate surface area is 142 Å². The third-order valence-corrected chi connectivity index (χ3v) is 3.83. The van der Waals surface area contributed by atoms with E-state index in [0.717, 1.165) is 10.2 Å². The van der Waals surface area contributed by atoms with Gasteiger partial charge in [-0.3, -0.25) is 0 Å². The van der Waals surface area contributed by atoms with Crippen molar-refractivity contribution in [2.24, 2.45) is 0 Å². The van der Waals surface area contributed by atoms with Gasteiger partial charge >= 0.3 is 6.03 Å². The van der Waals surface area contributed by atoms with Crippen LogP contribution in [-0.2, 0) is 0 Å². The van der Waals surface area contributed by atoms with E-state index < -0.39 is 0 Å². The highest BCUT2D eigenvalue weighted by Crippen LogP contribution is 2.23. The fourth-order valence-corrected chi connectivity index (χ4v) is 2.32. The normalized spacial score (nSPS) is 10.1. The number of carbonyl (C=O) groups is 1. The molecule has 0 aromatic heterocycles. The van der Waals surface area contributed by atoms with Gasteiger partial charge in [-0.15, -0.1) is 0 Å². The molecule has 0 saturated heterocycles. The Kier molecular flexibility index (Phi) is 6.55.